The lowest BCUT2D eigenvalue weighted by Crippen LogP contribution is -2.57. The minimum absolute atomic E-state index is 0.0920. The highest BCUT2D eigenvalue weighted by Gasteiger charge is 2.73. The van der Waals surface area contributed by atoms with E-state index in [-0.39, 0.29) is 6.07 Å². The van der Waals surface area contributed by atoms with Crippen molar-refractivity contribution in [1.82, 2.24) is 0 Å². The van der Waals surface area contributed by atoms with Gasteiger partial charge >= 0.3 is 21.1 Å². The predicted octanol–water partition coefficient (Wildman–Crippen LogP) is -1.04. The van der Waals surface area contributed by atoms with Gasteiger partial charge in [0.1, 0.15) is 0 Å². The Morgan fingerprint density at radius 2 is 1.86 bits per heavy atom. The van der Waals surface area contributed by atoms with Crippen molar-refractivity contribution in [3.05, 3.63) is 10.1 Å². The summed E-state index contributed by atoms with van der Waals surface area (Å²) < 4.78 is 52.7. The van der Waals surface area contributed by atoms with E-state index in [2.05, 4.69) is 0 Å². The van der Waals surface area contributed by atoms with Crippen LogP contribution >= 0.6 is 0 Å². The normalized spacial score (nSPS) is 16.8. The van der Waals surface area contributed by atoms with E-state index in [0.717, 1.165) is 0 Å². The molecule has 11 heteroatoms. The Labute approximate surface area is 75.3 Å². The van der Waals surface area contributed by atoms with Crippen molar-refractivity contribution in [2.24, 2.45) is 0 Å². The second-order valence-corrected chi connectivity index (χ2v) is 3.50. The molecular formula is C3H2F2N2O6S. The van der Waals surface area contributed by atoms with E-state index < -0.39 is 26.0 Å². The van der Waals surface area contributed by atoms with Gasteiger partial charge in [-0.25, -0.2) is 0 Å². The minimum Gasteiger partial charge on any atom is -0.313 e. The number of hydrogen-bond acceptors (Lipinski definition) is 6. The highest BCUT2D eigenvalue weighted by Crippen LogP contribution is 2.33. The maximum atomic E-state index is 12.5. The molecule has 0 radical (unpaired) electrons. The largest absolute Gasteiger partial charge is 0.491 e. The lowest BCUT2D eigenvalue weighted by molar-refractivity contribution is -0.626. The number of alkyl halides is 2. The van der Waals surface area contributed by atoms with Crippen LogP contribution in [-0.2, 0) is 10.1 Å². The third-order valence-electron chi connectivity index (χ3n) is 1.15. The van der Waals surface area contributed by atoms with Crippen LogP contribution < -0.4 is 0 Å². The van der Waals surface area contributed by atoms with Crippen molar-refractivity contribution in [2.75, 3.05) is 0 Å². The zero-order valence-electron chi connectivity index (χ0n) is 6.09. The quantitative estimate of drug-likeness (QED) is 0.208. The lowest BCUT2D eigenvalue weighted by atomic mass is 10.3. The van der Waals surface area contributed by atoms with E-state index in [1.165, 1.54) is 0 Å². The summed E-state index contributed by atoms with van der Waals surface area (Å²) in [7, 11) is -6.26. The summed E-state index contributed by atoms with van der Waals surface area (Å²) in [4.78, 5) is 7.60. The molecule has 1 unspecified atom stereocenters. The van der Waals surface area contributed by atoms with E-state index in [1.807, 2.05) is 0 Å². The summed E-state index contributed by atoms with van der Waals surface area (Å²) in [5.41, 5.74) is -4.72. The fourth-order valence-electron chi connectivity index (χ4n) is 0.392. The molecule has 0 aliphatic heterocycles. The molecular weight excluding hydrogens is 230 g/mol. The highest BCUT2D eigenvalue weighted by molar-refractivity contribution is 7.87. The van der Waals surface area contributed by atoms with Crippen molar-refractivity contribution in [2.45, 2.75) is 11.0 Å². The second kappa shape index (κ2) is 3.08. The number of rotatable bonds is 3. The van der Waals surface area contributed by atoms with Crippen LogP contribution in [-0.4, -0.2) is 34.0 Å². The molecule has 0 aromatic heterocycles. The van der Waals surface area contributed by atoms with Gasteiger partial charge in [0.2, 0.25) is 0 Å². The molecule has 0 rings (SSSR count). The van der Waals surface area contributed by atoms with Gasteiger partial charge in [-0.1, -0.05) is 0 Å². The average molecular weight is 232 g/mol. The molecule has 80 valence electrons. The molecule has 0 fully saturated rings. The predicted molar refractivity (Wildman–Crippen MR) is 34.1 cm³/mol. The number of nitriles is 1. The Balaban J connectivity index is 5.74. The van der Waals surface area contributed by atoms with Crippen LogP contribution in [0.5, 0.6) is 0 Å². The van der Waals surface area contributed by atoms with Gasteiger partial charge in [-0.15, -0.1) is 0 Å². The summed E-state index contributed by atoms with van der Waals surface area (Å²) in [6.45, 7) is 0. The SMILES string of the molecule is N#CC(O)([N+](=O)[O-])C(F)(F)S(=O)(=O)O. The molecule has 0 bridgehead atoms. The van der Waals surface area contributed by atoms with Gasteiger partial charge < -0.3 is 5.11 Å². The van der Waals surface area contributed by atoms with Gasteiger partial charge in [-0.3, -0.25) is 14.7 Å². The topological polar surface area (TPSA) is 142 Å². The van der Waals surface area contributed by atoms with Crippen LogP contribution in [0.1, 0.15) is 0 Å². The van der Waals surface area contributed by atoms with E-state index in [9.17, 15) is 27.3 Å². The number of aliphatic hydroxyl groups is 1. The van der Waals surface area contributed by atoms with Gasteiger partial charge in [0, 0.05) is 0 Å². The molecule has 2 N–H and O–H groups in total. The molecule has 0 heterocycles. The van der Waals surface area contributed by atoms with E-state index in [0.29, 0.717) is 0 Å². The monoisotopic (exact) mass is 232 g/mol. The Kier molecular flexibility index (Phi) is 2.78. The van der Waals surface area contributed by atoms with Gasteiger partial charge in [0.15, 0.2) is 6.07 Å². The van der Waals surface area contributed by atoms with Gasteiger partial charge in [-0.05, 0) is 0 Å². The van der Waals surface area contributed by atoms with Gasteiger partial charge in [0.05, 0.1) is 4.92 Å². The maximum Gasteiger partial charge on any atom is 0.491 e. The number of halogens is 2. The first-order valence-corrected chi connectivity index (χ1v) is 4.07. The second-order valence-electron chi connectivity index (χ2n) is 2.03. The first-order valence-electron chi connectivity index (χ1n) is 2.63. The van der Waals surface area contributed by atoms with Crippen LogP contribution in [0.2, 0.25) is 0 Å². The standard InChI is InChI=1S/C3H2F2N2O6S/c4-3(5,14(11,12)13)2(8,1-6)7(9)10/h8H,(H,11,12,13). The van der Waals surface area contributed by atoms with Crippen molar-refractivity contribution in [3.63, 3.8) is 0 Å². The van der Waals surface area contributed by atoms with E-state index >= 15 is 0 Å². The van der Waals surface area contributed by atoms with Crippen LogP contribution in [0.15, 0.2) is 0 Å². The zero-order chi connectivity index (χ0) is 11.8. The van der Waals surface area contributed by atoms with Crippen LogP contribution in [0.3, 0.4) is 0 Å². The summed E-state index contributed by atoms with van der Waals surface area (Å²) in [6.07, 6.45) is 0. The van der Waals surface area contributed by atoms with Crippen molar-refractivity contribution in [3.8, 4) is 6.07 Å². The first kappa shape index (κ1) is 12.6. The number of nitrogens with zero attached hydrogens (tertiary/aromatic N) is 2. The molecule has 14 heavy (non-hydrogen) atoms. The molecule has 8 nitrogen and oxygen atoms in total. The summed E-state index contributed by atoms with van der Waals surface area (Å²) in [5.74, 6) is 0. The molecule has 0 aliphatic rings. The zero-order valence-corrected chi connectivity index (χ0v) is 6.90. The molecule has 1 atom stereocenters. The molecule has 0 spiro atoms. The van der Waals surface area contributed by atoms with E-state index in [1.54, 1.807) is 0 Å². The molecule has 0 aromatic carbocycles. The number of hydrogen-bond donors (Lipinski definition) is 2. The molecule has 0 aliphatic carbocycles. The first-order chi connectivity index (χ1) is 6.00. The van der Waals surface area contributed by atoms with E-state index in [4.69, 9.17) is 14.9 Å². The summed E-state index contributed by atoms with van der Waals surface area (Å²) in [6, 6.07) is 0.0920. The maximum absolute atomic E-state index is 12.5. The minimum atomic E-state index is -6.26. The Morgan fingerprint density at radius 1 is 1.50 bits per heavy atom. The summed E-state index contributed by atoms with van der Waals surface area (Å²) >= 11 is 0. The average Bonchev–Trinajstić information content (AvgIpc) is 2.00. The lowest BCUT2D eigenvalue weighted by Gasteiger charge is -2.18. The van der Waals surface area contributed by atoms with Crippen LogP contribution in [0, 0.1) is 21.4 Å². The Bertz CT molecular complexity index is 398. The molecule has 0 aromatic rings. The molecule has 0 saturated carbocycles. The van der Waals surface area contributed by atoms with Crippen molar-refractivity contribution < 1.29 is 31.8 Å². The van der Waals surface area contributed by atoms with Crippen molar-refractivity contribution in [1.29, 1.82) is 5.26 Å². The highest BCUT2D eigenvalue weighted by atomic mass is 32.2. The number of nitro groups is 1. The van der Waals surface area contributed by atoms with Crippen LogP contribution in [0.4, 0.5) is 8.78 Å². The van der Waals surface area contributed by atoms with Crippen molar-refractivity contribution >= 4 is 10.1 Å². The van der Waals surface area contributed by atoms with Crippen LogP contribution in [0.25, 0.3) is 0 Å². The van der Waals surface area contributed by atoms with Gasteiger partial charge in [0.25, 0.3) is 0 Å². The smallest absolute Gasteiger partial charge is 0.313 e. The Morgan fingerprint density at radius 3 is 1.93 bits per heavy atom. The fourth-order valence-corrected chi connectivity index (χ4v) is 0.872. The fraction of sp³-hybridized carbons (Fsp3) is 0.667. The third kappa shape index (κ3) is 1.50. The molecule has 0 saturated heterocycles. The molecule has 0 amide bonds. The van der Waals surface area contributed by atoms with Gasteiger partial charge in [-0.2, -0.15) is 22.5 Å². The third-order valence-corrected chi connectivity index (χ3v) is 2.08. The summed E-state index contributed by atoms with van der Waals surface area (Å²) in [5, 5.41) is 20.5. The Hall–Kier alpha value is -1.38.